The summed E-state index contributed by atoms with van der Waals surface area (Å²) >= 11 is 0. The molecule has 0 heterocycles. The summed E-state index contributed by atoms with van der Waals surface area (Å²) in [6.45, 7) is 0. The van der Waals surface area contributed by atoms with Gasteiger partial charge in [-0.25, -0.2) is 0 Å². The number of rotatable bonds is 0. The van der Waals surface area contributed by atoms with Crippen LogP contribution in [0.2, 0.25) is 0 Å². The maximum absolute atomic E-state index is 0. The van der Waals surface area contributed by atoms with Gasteiger partial charge in [0.25, 0.3) is 0 Å². The average molecular weight is 285 g/mol. The van der Waals surface area contributed by atoms with E-state index in [9.17, 15) is 0 Å². The van der Waals surface area contributed by atoms with Crippen molar-refractivity contribution in [3.05, 3.63) is 0 Å². The van der Waals surface area contributed by atoms with Crippen molar-refractivity contribution in [1.29, 1.82) is 0 Å². The van der Waals surface area contributed by atoms with Crippen molar-refractivity contribution in [2.24, 2.45) is 0 Å². The number of halogens is 5. The Balaban J connectivity index is 0. The summed E-state index contributed by atoms with van der Waals surface area (Å²) in [7, 11) is 0. The Labute approximate surface area is 131 Å². The molecule has 0 aromatic heterocycles. The number of hydrogen-bond donors (Lipinski definition) is 0. The second kappa shape index (κ2) is 83.4. The maximum Gasteiger partial charge on any atom is 3.00 e. The molecule has 41 valence electrons. The summed E-state index contributed by atoms with van der Waals surface area (Å²) < 4.78 is 0. The minimum atomic E-state index is 0. The first-order chi connectivity index (χ1) is 0. The molecule has 0 amide bonds. The van der Waals surface area contributed by atoms with E-state index in [0.29, 0.717) is 0 Å². The van der Waals surface area contributed by atoms with Gasteiger partial charge in [0.15, 0.2) is 0 Å². The van der Waals surface area contributed by atoms with E-state index in [0.717, 1.165) is 0 Å². The van der Waals surface area contributed by atoms with Crippen molar-refractivity contribution in [3.8, 4) is 0 Å². The Morgan fingerprint density at radius 2 is 0.500 bits per heavy atom. The van der Waals surface area contributed by atoms with E-state index in [4.69, 9.17) is 0 Å². The predicted molar refractivity (Wildman–Crippen MR) is 0 cm³/mol. The van der Waals surface area contributed by atoms with Crippen LogP contribution in [0.15, 0.2) is 0 Å². The van der Waals surface area contributed by atoms with Gasteiger partial charge in [-0.3, -0.25) is 0 Å². The van der Waals surface area contributed by atoms with Gasteiger partial charge in [-0.15, -0.1) is 0 Å². The van der Waals surface area contributed by atoms with E-state index in [2.05, 4.69) is 0 Å². The van der Waals surface area contributed by atoms with Crippen LogP contribution in [0.4, 0.5) is 0 Å². The Bertz CT molecular complexity index is 12.4. The van der Waals surface area contributed by atoms with Crippen molar-refractivity contribution in [2.45, 2.75) is 0 Å². The summed E-state index contributed by atoms with van der Waals surface area (Å²) in [4.78, 5) is 0. The third-order valence-corrected chi connectivity index (χ3v) is 0. The second-order valence-corrected chi connectivity index (χ2v) is 0. The van der Waals surface area contributed by atoms with Gasteiger partial charge in [-0.05, 0) is 0 Å². The fraction of sp³-hybridized carbons (Fsp3) is 0. The molecular formula is F5KLiNd. The molecular weight excluding hydrogens is 285 g/mol. The first-order valence-electron chi connectivity index (χ1n) is 0. The van der Waals surface area contributed by atoms with E-state index >= 15 is 0 Å². The SMILES string of the molecule is [F-].[F-].[F-].[F-].[F-].[K+].[Li+].[Nd+3]. The van der Waals surface area contributed by atoms with Gasteiger partial charge >= 0.3 is 111 Å². The fourth-order valence-corrected chi connectivity index (χ4v) is 0. The molecule has 8 heavy (non-hydrogen) atoms. The van der Waals surface area contributed by atoms with Crippen LogP contribution in [0.25, 0.3) is 0 Å². The van der Waals surface area contributed by atoms with Crippen molar-refractivity contribution in [3.63, 3.8) is 0 Å². The van der Waals surface area contributed by atoms with Gasteiger partial charge in [0, 0.05) is 0 Å². The molecule has 0 spiro atoms. The second-order valence-electron chi connectivity index (χ2n) is 0. The maximum atomic E-state index is 0. The molecule has 1 radical (unpaired) electrons. The molecule has 0 aliphatic carbocycles. The molecule has 0 aliphatic rings. The van der Waals surface area contributed by atoms with Crippen LogP contribution in [-0.4, -0.2) is 0 Å². The van der Waals surface area contributed by atoms with Crippen molar-refractivity contribution in [2.75, 3.05) is 0 Å². The number of hydrogen-bond acceptors (Lipinski definition) is 0. The average Bonchev–Trinajstić information content (AvgIpc) is 0. The first kappa shape index (κ1) is 112. The third kappa shape index (κ3) is 59.9. The van der Waals surface area contributed by atoms with E-state index in [1.54, 1.807) is 0 Å². The van der Waals surface area contributed by atoms with Gasteiger partial charge < -0.3 is 23.5 Å². The zero-order valence-electron chi connectivity index (χ0n) is 4.39. The standard InChI is InChI=1S/5FH.K.Li.Nd/h5*1H;;;/q;;;;;2*+1;+3/p-5. The molecule has 0 aliphatic heterocycles. The molecule has 0 unspecified atom stereocenters. The van der Waals surface area contributed by atoms with Crippen LogP contribution in [0.1, 0.15) is 0 Å². The van der Waals surface area contributed by atoms with Gasteiger partial charge in [-0.2, -0.15) is 0 Å². The first-order valence-corrected chi connectivity index (χ1v) is 0. The normalized spacial score (nSPS) is 0. The molecule has 0 saturated heterocycles. The quantitative estimate of drug-likeness (QED) is 0.306. The van der Waals surface area contributed by atoms with Gasteiger partial charge in [0.05, 0.1) is 0 Å². The van der Waals surface area contributed by atoms with Crippen molar-refractivity contribution in [1.82, 2.24) is 0 Å². The monoisotopic (exact) mass is 283 g/mol. The minimum Gasteiger partial charge on any atom is -1.00 e. The molecule has 0 atom stereocenters. The third-order valence-electron chi connectivity index (χ3n) is 0. The Hall–Kier alpha value is 3.23. The van der Waals surface area contributed by atoms with Crippen molar-refractivity contribution < 1.29 is 135 Å². The van der Waals surface area contributed by atoms with Gasteiger partial charge in [0.1, 0.15) is 0 Å². The Morgan fingerprint density at radius 3 is 0.500 bits per heavy atom. The van der Waals surface area contributed by atoms with E-state index < -0.39 is 0 Å². The van der Waals surface area contributed by atoms with E-state index in [1.807, 2.05) is 0 Å². The fourth-order valence-electron chi connectivity index (χ4n) is 0. The molecule has 0 N–H and O–H groups in total. The van der Waals surface area contributed by atoms with Crippen LogP contribution in [0.3, 0.4) is 0 Å². The van der Waals surface area contributed by atoms with E-state index in [1.165, 1.54) is 0 Å². The van der Waals surface area contributed by atoms with Crippen molar-refractivity contribution >= 4 is 0 Å². The summed E-state index contributed by atoms with van der Waals surface area (Å²) in [6.07, 6.45) is 0. The Kier molecular flexibility index (Phi) is 1170. The van der Waals surface area contributed by atoms with Crippen LogP contribution < -0.4 is 93.8 Å². The Morgan fingerprint density at radius 1 is 0.500 bits per heavy atom. The molecule has 0 aromatic rings. The smallest absolute Gasteiger partial charge is 1.00 e. The zero-order chi connectivity index (χ0) is 0. The molecule has 0 nitrogen and oxygen atoms in total. The summed E-state index contributed by atoms with van der Waals surface area (Å²) in [5, 5.41) is 0. The van der Waals surface area contributed by atoms with Crippen LogP contribution in [-0.2, 0) is 0 Å². The largest absolute Gasteiger partial charge is 3.00 e. The molecule has 0 bridgehead atoms. The van der Waals surface area contributed by atoms with Crippen LogP contribution in [0, 0.1) is 40.8 Å². The predicted octanol–water partition coefficient (Wildman–Crippen LogP) is -21.0. The molecule has 0 fully saturated rings. The summed E-state index contributed by atoms with van der Waals surface area (Å²) in [6, 6.07) is 0. The zero-order valence-corrected chi connectivity index (χ0v) is 10.7. The van der Waals surface area contributed by atoms with Crippen LogP contribution >= 0.6 is 0 Å². The summed E-state index contributed by atoms with van der Waals surface area (Å²) in [5.74, 6) is 0. The molecule has 0 rings (SSSR count). The van der Waals surface area contributed by atoms with Gasteiger partial charge in [0.2, 0.25) is 0 Å². The topological polar surface area (TPSA) is 0 Å². The van der Waals surface area contributed by atoms with E-state index in [-0.39, 0.29) is 135 Å². The molecule has 0 aromatic carbocycles. The molecule has 0 saturated carbocycles. The molecule has 8 heteroatoms. The summed E-state index contributed by atoms with van der Waals surface area (Å²) in [5.41, 5.74) is 0. The minimum absolute atomic E-state index is 0. The van der Waals surface area contributed by atoms with Gasteiger partial charge in [-0.1, -0.05) is 0 Å². The van der Waals surface area contributed by atoms with Crippen LogP contribution in [0.5, 0.6) is 0 Å².